The highest BCUT2D eigenvalue weighted by molar-refractivity contribution is 5.62. The molecule has 26 heavy (non-hydrogen) atoms. The second kappa shape index (κ2) is 6.79. The summed E-state index contributed by atoms with van der Waals surface area (Å²) in [5.41, 5.74) is 7.34. The van der Waals surface area contributed by atoms with Crippen LogP contribution in [0.15, 0.2) is 48.5 Å². The van der Waals surface area contributed by atoms with Crippen LogP contribution in [0.3, 0.4) is 0 Å². The van der Waals surface area contributed by atoms with Crippen molar-refractivity contribution in [2.45, 2.75) is 33.7 Å². The van der Waals surface area contributed by atoms with Gasteiger partial charge in [0.2, 0.25) is 5.95 Å². The third-order valence-corrected chi connectivity index (χ3v) is 4.90. The van der Waals surface area contributed by atoms with E-state index < -0.39 is 0 Å². The van der Waals surface area contributed by atoms with Gasteiger partial charge in [0.15, 0.2) is 0 Å². The molecule has 1 aromatic heterocycles. The fourth-order valence-electron chi connectivity index (χ4n) is 3.52. The van der Waals surface area contributed by atoms with Crippen molar-refractivity contribution in [1.82, 2.24) is 9.97 Å². The van der Waals surface area contributed by atoms with Crippen LogP contribution in [0.25, 0.3) is 0 Å². The molecule has 3 aromatic rings. The molecule has 0 saturated carbocycles. The lowest BCUT2D eigenvalue weighted by atomic mass is 10.0. The topological polar surface area (TPSA) is 41.1 Å². The Bertz CT molecular complexity index is 949. The maximum atomic E-state index is 4.79. The van der Waals surface area contributed by atoms with Gasteiger partial charge >= 0.3 is 0 Å². The van der Waals surface area contributed by atoms with Crippen LogP contribution in [0.5, 0.6) is 0 Å². The molecule has 0 atom stereocenters. The number of anilines is 3. The number of fused-ring (bicyclic) bond motifs is 1. The first kappa shape index (κ1) is 16.6. The van der Waals surface area contributed by atoms with Crippen molar-refractivity contribution in [2.75, 3.05) is 16.8 Å². The van der Waals surface area contributed by atoms with E-state index >= 15 is 0 Å². The number of hydrogen-bond acceptors (Lipinski definition) is 4. The Morgan fingerprint density at radius 2 is 1.73 bits per heavy atom. The molecule has 0 amide bonds. The highest BCUT2D eigenvalue weighted by Gasteiger charge is 2.19. The molecule has 4 rings (SSSR count). The van der Waals surface area contributed by atoms with Gasteiger partial charge in [-0.15, -0.1) is 0 Å². The average molecular weight is 344 g/mol. The van der Waals surface area contributed by atoms with E-state index in [1.54, 1.807) is 0 Å². The smallest absolute Gasteiger partial charge is 0.227 e. The zero-order valence-corrected chi connectivity index (χ0v) is 15.6. The lowest BCUT2D eigenvalue weighted by Gasteiger charge is -2.29. The SMILES string of the molecule is Cc1ccc(Nc2cc(C)nc(N3CCc4ccccc4C3)n2)c(C)c1. The number of nitrogens with zero attached hydrogens (tertiary/aromatic N) is 3. The van der Waals surface area contributed by atoms with E-state index in [1.165, 1.54) is 22.3 Å². The van der Waals surface area contributed by atoms with Crippen LogP contribution < -0.4 is 10.2 Å². The highest BCUT2D eigenvalue weighted by Crippen LogP contribution is 2.25. The molecule has 2 heterocycles. The predicted molar refractivity (Wildman–Crippen MR) is 107 cm³/mol. The third-order valence-electron chi connectivity index (χ3n) is 4.90. The van der Waals surface area contributed by atoms with E-state index in [1.807, 2.05) is 13.0 Å². The van der Waals surface area contributed by atoms with Crippen LogP contribution in [-0.4, -0.2) is 16.5 Å². The monoisotopic (exact) mass is 344 g/mol. The molecular formula is C22H24N4. The number of aromatic nitrogens is 2. The van der Waals surface area contributed by atoms with E-state index in [0.717, 1.165) is 42.7 Å². The maximum Gasteiger partial charge on any atom is 0.227 e. The first-order chi connectivity index (χ1) is 12.6. The molecule has 132 valence electrons. The van der Waals surface area contributed by atoms with Crippen LogP contribution in [0.1, 0.15) is 27.9 Å². The number of rotatable bonds is 3. The van der Waals surface area contributed by atoms with Gasteiger partial charge in [-0.3, -0.25) is 0 Å². The Labute approximate surface area is 154 Å². The van der Waals surface area contributed by atoms with Crippen LogP contribution in [0, 0.1) is 20.8 Å². The maximum absolute atomic E-state index is 4.79. The van der Waals surface area contributed by atoms with Gasteiger partial charge in [0.1, 0.15) is 5.82 Å². The molecular weight excluding hydrogens is 320 g/mol. The minimum atomic E-state index is 0.798. The first-order valence-corrected chi connectivity index (χ1v) is 9.10. The zero-order valence-electron chi connectivity index (χ0n) is 15.6. The molecule has 0 unspecified atom stereocenters. The van der Waals surface area contributed by atoms with Gasteiger partial charge in [0.05, 0.1) is 0 Å². The van der Waals surface area contributed by atoms with Crippen molar-refractivity contribution in [3.05, 3.63) is 76.5 Å². The molecule has 1 aliphatic heterocycles. The van der Waals surface area contributed by atoms with Crippen molar-refractivity contribution in [3.63, 3.8) is 0 Å². The number of nitrogens with one attached hydrogen (secondary N) is 1. The number of aryl methyl sites for hydroxylation is 3. The van der Waals surface area contributed by atoms with Gasteiger partial charge in [0, 0.05) is 30.5 Å². The van der Waals surface area contributed by atoms with Crippen LogP contribution in [-0.2, 0) is 13.0 Å². The van der Waals surface area contributed by atoms with Gasteiger partial charge in [-0.25, -0.2) is 4.98 Å². The Morgan fingerprint density at radius 1 is 0.923 bits per heavy atom. The number of hydrogen-bond donors (Lipinski definition) is 1. The summed E-state index contributed by atoms with van der Waals surface area (Å²) in [5.74, 6) is 1.64. The summed E-state index contributed by atoms with van der Waals surface area (Å²) in [6, 6.07) is 17.0. The van der Waals surface area contributed by atoms with Crippen molar-refractivity contribution >= 4 is 17.5 Å². The van der Waals surface area contributed by atoms with Crippen LogP contribution >= 0.6 is 0 Å². The van der Waals surface area contributed by atoms with Gasteiger partial charge in [-0.2, -0.15) is 4.98 Å². The Balaban J connectivity index is 1.61. The second-order valence-corrected chi connectivity index (χ2v) is 7.08. The summed E-state index contributed by atoms with van der Waals surface area (Å²) in [4.78, 5) is 11.7. The van der Waals surface area contributed by atoms with Crippen molar-refractivity contribution in [3.8, 4) is 0 Å². The molecule has 0 aliphatic carbocycles. The number of benzene rings is 2. The summed E-state index contributed by atoms with van der Waals surface area (Å²) in [6.07, 6.45) is 1.04. The van der Waals surface area contributed by atoms with Crippen molar-refractivity contribution < 1.29 is 0 Å². The lowest BCUT2D eigenvalue weighted by Crippen LogP contribution is -2.32. The molecule has 0 bridgehead atoms. The normalized spacial score (nSPS) is 13.4. The van der Waals surface area contributed by atoms with E-state index in [4.69, 9.17) is 4.98 Å². The summed E-state index contributed by atoms with van der Waals surface area (Å²) >= 11 is 0. The fraction of sp³-hybridized carbons (Fsp3) is 0.273. The molecule has 0 spiro atoms. The summed E-state index contributed by atoms with van der Waals surface area (Å²) < 4.78 is 0. The first-order valence-electron chi connectivity index (χ1n) is 9.10. The minimum absolute atomic E-state index is 0.798. The lowest BCUT2D eigenvalue weighted by molar-refractivity contribution is 0.706. The molecule has 2 aromatic carbocycles. The molecule has 4 heteroatoms. The van der Waals surface area contributed by atoms with E-state index in [0.29, 0.717) is 0 Å². The zero-order chi connectivity index (χ0) is 18.1. The van der Waals surface area contributed by atoms with Gasteiger partial charge in [0.25, 0.3) is 0 Å². The highest BCUT2D eigenvalue weighted by atomic mass is 15.3. The van der Waals surface area contributed by atoms with E-state index in [9.17, 15) is 0 Å². The molecule has 4 nitrogen and oxygen atoms in total. The summed E-state index contributed by atoms with van der Waals surface area (Å²) in [7, 11) is 0. The minimum Gasteiger partial charge on any atom is -0.340 e. The van der Waals surface area contributed by atoms with Gasteiger partial charge in [-0.1, -0.05) is 42.0 Å². The molecule has 0 saturated heterocycles. The van der Waals surface area contributed by atoms with Crippen molar-refractivity contribution in [1.29, 1.82) is 0 Å². The summed E-state index contributed by atoms with van der Waals surface area (Å²) in [5, 5.41) is 3.46. The average Bonchev–Trinajstić information content (AvgIpc) is 2.63. The van der Waals surface area contributed by atoms with Gasteiger partial charge < -0.3 is 10.2 Å². The standard InChI is InChI=1S/C22H24N4/c1-15-8-9-20(16(2)12-15)24-21-13-17(3)23-22(25-21)26-11-10-18-6-4-5-7-19(18)14-26/h4-9,12-13H,10-11,14H2,1-3H3,(H,23,24,25). The summed E-state index contributed by atoms with van der Waals surface area (Å²) in [6.45, 7) is 8.06. The van der Waals surface area contributed by atoms with Gasteiger partial charge in [-0.05, 0) is 49.9 Å². The van der Waals surface area contributed by atoms with Crippen LogP contribution in [0.2, 0.25) is 0 Å². The Morgan fingerprint density at radius 3 is 2.54 bits per heavy atom. The van der Waals surface area contributed by atoms with Crippen molar-refractivity contribution in [2.24, 2.45) is 0 Å². The fourth-order valence-corrected chi connectivity index (χ4v) is 3.52. The second-order valence-electron chi connectivity index (χ2n) is 7.08. The molecule has 1 N–H and O–H groups in total. The van der Waals surface area contributed by atoms with Crippen LogP contribution in [0.4, 0.5) is 17.5 Å². The third kappa shape index (κ3) is 3.40. The Kier molecular flexibility index (Phi) is 4.33. The molecule has 1 aliphatic rings. The quantitative estimate of drug-likeness (QED) is 0.747. The van der Waals surface area contributed by atoms with E-state index in [-0.39, 0.29) is 0 Å². The molecule has 0 radical (unpaired) electrons. The Hall–Kier alpha value is -2.88. The van der Waals surface area contributed by atoms with E-state index in [2.05, 4.69) is 71.5 Å². The predicted octanol–water partition coefficient (Wildman–Crippen LogP) is 4.71. The molecule has 0 fully saturated rings. The largest absolute Gasteiger partial charge is 0.340 e.